The van der Waals surface area contributed by atoms with Gasteiger partial charge in [0.25, 0.3) is 11.5 Å². The molecule has 3 aromatic rings. The van der Waals surface area contributed by atoms with E-state index in [-0.39, 0.29) is 29.0 Å². The maximum Gasteiger partial charge on any atom is 0.343 e. The first-order valence-corrected chi connectivity index (χ1v) is 10.7. The molecule has 0 aliphatic carbocycles. The molecule has 3 heterocycles. The molecule has 0 aliphatic heterocycles. The first-order valence-electron chi connectivity index (χ1n) is 9.90. The van der Waals surface area contributed by atoms with E-state index in [0.717, 1.165) is 10.4 Å². The van der Waals surface area contributed by atoms with Crippen molar-refractivity contribution >= 4 is 45.3 Å². The average molecular weight is 461 g/mol. The summed E-state index contributed by atoms with van der Waals surface area (Å²) in [5, 5.41) is 2.94. The van der Waals surface area contributed by atoms with Gasteiger partial charge in [-0.15, -0.1) is 11.3 Å². The summed E-state index contributed by atoms with van der Waals surface area (Å²) in [6, 6.07) is 0. The summed E-state index contributed by atoms with van der Waals surface area (Å²) in [6.07, 6.45) is 1.88. The fourth-order valence-corrected chi connectivity index (χ4v) is 4.46. The van der Waals surface area contributed by atoms with Crippen molar-refractivity contribution in [3.63, 3.8) is 0 Å². The Hall–Kier alpha value is -3.47. The summed E-state index contributed by atoms with van der Waals surface area (Å²) in [5.74, 6) is -1.88. The van der Waals surface area contributed by atoms with Crippen LogP contribution in [-0.2, 0) is 27.7 Å². The number of esters is 2. The van der Waals surface area contributed by atoms with Crippen LogP contribution in [0.3, 0.4) is 0 Å². The second kappa shape index (κ2) is 9.35. The molecule has 1 amide bonds. The van der Waals surface area contributed by atoms with Gasteiger partial charge in [0.1, 0.15) is 28.0 Å². The number of hydrogen-bond donors (Lipinski definition) is 1. The number of carbonyl (C=O) groups excluding carboxylic acids is 3. The molecular weight excluding hydrogens is 438 g/mol. The lowest BCUT2D eigenvalue weighted by Crippen LogP contribution is -2.23. The van der Waals surface area contributed by atoms with E-state index in [4.69, 9.17) is 13.9 Å². The number of nitrogens with zero attached hydrogens (tertiary/aromatic N) is 2. The van der Waals surface area contributed by atoms with Gasteiger partial charge in [-0.25, -0.2) is 14.6 Å². The number of thiophene rings is 1. The summed E-state index contributed by atoms with van der Waals surface area (Å²) < 4.78 is 16.8. The van der Waals surface area contributed by atoms with Gasteiger partial charge >= 0.3 is 11.9 Å². The van der Waals surface area contributed by atoms with Crippen LogP contribution >= 0.6 is 11.3 Å². The maximum absolute atomic E-state index is 12.6. The van der Waals surface area contributed by atoms with Gasteiger partial charge in [-0.05, 0) is 32.8 Å². The molecule has 32 heavy (non-hydrogen) atoms. The number of carbonyl (C=O) groups is 3. The van der Waals surface area contributed by atoms with Gasteiger partial charge in [-0.3, -0.25) is 9.59 Å². The molecule has 10 nitrogen and oxygen atoms in total. The van der Waals surface area contributed by atoms with Crippen molar-refractivity contribution in [1.29, 1.82) is 0 Å². The second-order valence-electron chi connectivity index (χ2n) is 6.91. The molecule has 3 rings (SSSR count). The number of rotatable bonds is 7. The Morgan fingerprint density at radius 2 is 1.84 bits per heavy atom. The minimum atomic E-state index is -0.885. The molecule has 1 N–H and O–H groups in total. The molecule has 0 atom stereocenters. The minimum Gasteiger partial charge on any atom is -0.462 e. The van der Waals surface area contributed by atoms with Crippen LogP contribution in [-0.4, -0.2) is 40.6 Å². The molecule has 0 spiro atoms. The summed E-state index contributed by atoms with van der Waals surface area (Å²) in [7, 11) is 1.49. The monoisotopic (exact) mass is 461 g/mol. The van der Waals surface area contributed by atoms with E-state index >= 15 is 0 Å². The number of nitrogens with one attached hydrogen (secondary N) is 1. The normalized spacial score (nSPS) is 10.9. The third-order valence-corrected chi connectivity index (χ3v) is 5.84. The van der Waals surface area contributed by atoms with Crippen molar-refractivity contribution in [1.82, 2.24) is 9.55 Å². The molecule has 0 radical (unpaired) electrons. The number of hydrogen-bond acceptors (Lipinski definition) is 9. The van der Waals surface area contributed by atoms with Crippen LogP contribution in [0, 0.1) is 13.8 Å². The second-order valence-corrected chi connectivity index (χ2v) is 8.14. The first kappa shape index (κ1) is 23.2. The fraction of sp³-hybridized carbons (Fsp3) is 0.381. The maximum atomic E-state index is 12.6. The lowest BCUT2D eigenvalue weighted by molar-refractivity contribution is -0.119. The highest BCUT2D eigenvalue weighted by atomic mass is 32.1. The van der Waals surface area contributed by atoms with Crippen molar-refractivity contribution in [2.45, 2.75) is 34.1 Å². The predicted molar refractivity (Wildman–Crippen MR) is 117 cm³/mol. The van der Waals surface area contributed by atoms with E-state index in [1.165, 1.54) is 36.2 Å². The van der Waals surface area contributed by atoms with Crippen LogP contribution in [0.2, 0.25) is 0 Å². The summed E-state index contributed by atoms with van der Waals surface area (Å²) in [5.41, 5.74) is 0.576. The lowest BCUT2D eigenvalue weighted by atomic mass is 10.1. The number of ether oxygens (including phenoxy) is 2. The molecule has 0 bridgehead atoms. The minimum absolute atomic E-state index is 0.0102. The summed E-state index contributed by atoms with van der Waals surface area (Å²) in [4.78, 5) is 54.7. The van der Waals surface area contributed by atoms with Gasteiger partial charge in [-0.2, -0.15) is 0 Å². The number of amides is 1. The lowest BCUT2D eigenvalue weighted by Gasteiger charge is -2.08. The number of anilines is 1. The van der Waals surface area contributed by atoms with E-state index in [0.29, 0.717) is 17.0 Å². The van der Waals surface area contributed by atoms with Crippen LogP contribution in [0.25, 0.3) is 11.1 Å². The number of furan rings is 1. The Morgan fingerprint density at radius 1 is 1.16 bits per heavy atom. The highest BCUT2D eigenvalue weighted by Gasteiger charge is 2.26. The van der Waals surface area contributed by atoms with Crippen molar-refractivity contribution in [2.24, 2.45) is 7.05 Å². The molecule has 0 aromatic carbocycles. The first-order chi connectivity index (χ1) is 15.2. The van der Waals surface area contributed by atoms with Crippen LogP contribution < -0.4 is 10.9 Å². The van der Waals surface area contributed by atoms with Crippen molar-refractivity contribution in [3.8, 4) is 0 Å². The molecular formula is C21H23N3O7S. The molecule has 0 fully saturated rings. The highest BCUT2D eigenvalue weighted by Crippen LogP contribution is 2.34. The van der Waals surface area contributed by atoms with Crippen molar-refractivity contribution in [2.75, 3.05) is 18.5 Å². The van der Waals surface area contributed by atoms with Crippen molar-refractivity contribution < 1.29 is 28.3 Å². The Morgan fingerprint density at radius 3 is 2.50 bits per heavy atom. The third-order valence-electron chi connectivity index (χ3n) is 4.78. The van der Waals surface area contributed by atoms with Gasteiger partial charge in [-0.1, -0.05) is 6.92 Å². The molecule has 0 unspecified atom stereocenters. The Labute approximate surface area is 187 Å². The number of aromatic nitrogens is 2. The van der Waals surface area contributed by atoms with Crippen molar-refractivity contribution in [3.05, 3.63) is 44.0 Å². The van der Waals surface area contributed by atoms with E-state index in [2.05, 4.69) is 10.3 Å². The van der Waals surface area contributed by atoms with Gasteiger partial charge in [0.15, 0.2) is 6.61 Å². The highest BCUT2D eigenvalue weighted by molar-refractivity contribution is 7.16. The fourth-order valence-electron chi connectivity index (χ4n) is 3.31. The van der Waals surface area contributed by atoms with Gasteiger partial charge in [0, 0.05) is 11.9 Å². The van der Waals surface area contributed by atoms with E-state index in [1.807, 2.05) is 13.8 Å². The van der Waals surface area contributed by atoms with Gasteiger partial charge in [0.05, 0.1) is 12.2 Å². The molecule has 0 aliphatic rings. The topological polar surface area (TPSA) is 130 Å². The third kappa shape index (κ3) is 4.28. The quantitative estimate of drug-likeness (QED) is 0.532. The van der Waals surface area contributed by atoms with Gasteiger partial charge in [0.2, 0.25) is 5.71 Å². The molecule has 11 heteroatoms. The molecule has 3 aromatic heterocycles. The van der Waals surface area contributed by atoms with Crippen LogP contribution in [0.15, 0.2) is 15.5 Å². The number of aryl methyl sites for hydroxylation is 3. The van der Waals surface area contributed by atoms with Crippen LogP contribution in [0.4, 0.5) is 5.00 Å². The Kier molecular flexibility index (Phi) is 6.78. The Balaban J connectivity index is 1.78. The SMILES string of the molecule is CCOC(=O)c1c(NC(=O)COC(=O)c2c(C)oc3ncn(C)c(=O)c23)sc(C)c1CC. The van der Waals surface area contributed by atoms with Crippen LogP contribution in [0.5, 0.6) is 0 Å². The zero-order valence-electron chi connectivity index (χ0n) is 18.4. The summed E-state index contributed by atoms with van der Waals surface area (Å²) in [6.45, 7) is 6.54. The van der Waals surface area contributed by atoms with E-state index in [1.54, 1.807) is 6.92 Å². The molecule has 170 valence electrons. The van der Waals surface area contributed by atoms with E-state index < -0.39 is 30.0 Å². The standard InChI is InChI=1S/C21H23N3O7S/c1-6-12-11(4)32-18(15(12)21(28)29-7-2)23-13(25)8-30-20(27)14-10(3)31-17-16(14)19(26)24(5)9-22-17/h9H,6-8H2,1-5H3,(H,23,25). The number of fused-ring (bicyclic) bond motifs is 1. The molecule has 0 saturated heterocycles. The average Bonchev–Trinajstić information content (AvgIpc) is 3.25. The largest absolute Gasteiger partial charge is 0.462 e. The summed E-state index contributed by atoms with van der Waals surface area (Å²) >= 11 is 1.25. The zero-order chi connectivity index (χ0) is 23.6. The predicted octanol–water partition coefficient (Wildman–Crippen LogP) is 2.74. The smallest absolute Gasteiger partial charge is 0.343 e. The Bertz CT molecular complexity index is 1270. The van der Waals surface area contributed by atoms with E-state index in [9.17, 15) is 19.2 Å². The van der Waals surface area contributed by atoms with Crippen LogP contribution in [0.1, 0.15) is 50.8 Å². The van der Waals surface area contributed by atoms with Gasteiger partial charge < -0.3 is 23.8 Å². The molecule has 0 saturated carbocycles. The zero-order valence-corrected chi connectivity index (χ0v) is 19.2.